The van der Waals surface area contributed by atoms with E-state index in [1.54, 1.807) is 4.90 Å². The van der Waals surface area contributed by atoms with Gasteiger partial charge in [0.05, 0.1) is 18.7 Å². The number of carbonyl (C=O) groups is 1. The highest BCUT2D eigenvalue weighted by Gasteiger charge is 2.31. The van der Waals surface area contributed by atoms with Crippen molar-refractivity contribution < 1.29 is 9.90 Å². The monoisotopic (exact) mass is 279 g/mol. The van der Waals surface area contributed by atoms with Gasteiger partial charge >= 0.3 is 0 Å². The molecule has 1 aliphatic heterocycles. The number of aliphatic hydroxyl groups excluding tert-OH is 1. The molecule has 1 heterocycles. The second-order valence-corrected chi connectivity index (χ2v) is 6.65. The molecular weight excluding hydrogens is 254 g/mol. The van der Waals surface area contributed by atoms with Crippen LogP contribution in [0, 0.1) is 6.67 Å². The Morgan fingerprint density at radius 3 is 2.70 bits per heavy atom. The summed E-state index contributed by atoms with van der Waals surface area (Å²) in [4.78, 5) is 15.5. The molecule has 1 saturated carbocycles. The van der Waals surface area contributed by atoms with Gasteiger partial charge in [-0.3, -0.25) is 4.79 Å². The van der Waals surface area contributed by atoms with Crippen LogP contribution in [0.3, 0.4) is 0 Å². The quantitative estimate of drug-likeness (QED) is 0.817. The van der Waals surface area contributed by atoms with Crippen LogP contribution in [0.1, 0.15) is 46.5 Å². The molecule has 2 atom stereocenters. The van der Waals surface area contributed by atoms with E-state index < -0.39 is 0 Å². The van der Waals surface area contributed by atoms with Gasteiger partial charge in [-0.15, -0.1) is 0 Å². The van der Waals surface area contributed by atoms with Gasteiger partial charge in [-0.25, -0.2) is 0 Å². The van der Waals surface area contributed by atoms with Gasteiger partial charge in [0.1, 0.15) is 0 Å². The first-order valence-electron chi connectivity index (χ1n) is 7.34. The van der Waals surface area contributed by atoms with Gasteiger partial charge in [0.15, 0.2) is 0 Å². The molecule has 2 unspecified atom stereocenters. The molecule has 0 saturated heterocycles. The lowest BCUT2D eigenvalue weighted by Gasteiger charge is -2.34. The Hall–Kier alpha value is -1.23. The van der Waals surface area contributed by atoms with E-state index >= 15 is 0 Å². The maximum absolute atomic E-state index is 11.9. The van der Waals surface area contributed by atoms with Gasteiger partial charge < -0.3 is 20.2 Å². The fourth-order valence-corrected chi connectivity index (χ4v) is 2.67. The molecule has 1 amide bonds. The molecule has 2 radical (unpaired) electrons. The number of carbonyl (C=O) groups excluding carboxylic acids is 1. The average Bonchev–Trinajstić information content (AvgIpc) is 2.75. The minimum Gasteiger partial charge on any atom is -0.391 e. The summed E-state index contributed by atoms with van der Waals surface area (Å²) in [5.41, 5.74) is -0.222. The molecule has 0 aromatic carbocycles. The van der Waals surface area contributed by atoms with E-state index in [1.165, 1.54) is 0 Å². The summed E-state index contributed by atoms with van der Waals surface area (Å²) >= 11 is 0. The maximum atomic E-state index is 11.9. The molecule has 20 heavy (non-hydrogen) atoms. The molecule has 0 aromatic rings. The fraction of sp³-hybridized carbons (Fsp3) is 0.733. The number of nitrogens with zero attached hydrogens (tertiary/aromatic N) is 2. The summed E-state index contributed by atoms with van der Waals surface area (Å²) in [6.45, 7) is 9.28. The second kappa shape index (κ2) is 6.04. The number of nitrogens with one attached hydrogen (secondary N) is 1. The van der Waals surface area contributed by atoms with Gasteiger partial charge in [0.2, 0.25) is 12.6 Å². The Labute approximate surface area is 121 Å². The number of hydrogen-bond donors (Lipinski definition) is 2. The minimum atomic E-state index is -0.302. The normalized spacial score (nSPS) is 27.0. The average molecular weight is 279 g/mol. The zero-order valence-corrected chi connectivity index (χ0v) is 12.6. The van der Waals surface area contributed by atoms with E-state index in [0.29, 0.717) is 0 Å². The molecule has 1 fully saturated rings. The first kappa shape index (κ1) is 15.2. The van der Waals surface area contributed by atoms with Crippen molar-refractivity contribution in [1.82, 2.24) is 15.1 Å². The third-order valence-corrected chi connectivity index (χ3v) is 3.53. The van der Waals surface area contributed by atoms with Crippen molar-refractivity contribution >= 4 is 5.91 Å². The van der Waals surface area contributed by atoms with Gasteiger partial charge in [-0.1, -0.05) is 12.8 Å². The molecule has 5 heteroatoms. The predicted molar refractivity (Wildman–Crippen MR) is 77.1 cm³/mol. The Balaban J connectivity index is 1.81. The van der Waals surface area contributed by atoms with Crippen molar-refractivity contribution in [2.75, 3.05) is 6.54 Å². The first-order chi connectivity index (χ1) is 9.35. The van der Waals surface area contributed by atoms with Gasteiger partial charge in [0.25, 0.3) is 0 Å². The van der Waals surface area contributed by atoms with E-state index in [-0.39, 0.29) is 30.1 Å². The number of hydrogen-bond acceptors (Lipinski definition) is 4. The molecular formula is C15H25N3O2. The molecule has 1 aliphatic carbocycles. The SMILES string of the molecule is CC(C)(C)NC(=O)CN1[C]N(C2CCCCC2O)C=C1. The maximum Gasteiger partial charge on any atom is 0.239 e. The van der Waals surface area contributed by atoms with Crippen LogP contribution >= 0.6 is 0 Å². The zero-order chi connectivity index (χ0) is 14.8. The zero-order valence-electron chi connectivity index (χ0n) is 12.6. The van der Waals surface area contributed by atoms with Crippen LogP contribution in [0.5, 0.6) is 0 Å². The Morgan fingerprint density at radius 1 is 1.35 bits per heavy atom. The molecule has 0 bridgehead atoms. The van der Waals surface area contributed by atoms with Crippen LogP contribution in [0.25, 0.3) is 0 Å². The standard InChI is InChI=1S/C15H25N3O2/c1-15(2,3)16-14(20)10-17-8-9-18(11-17)12-6-4-5-7-13(12)19/h8-9,12-13,19H,4-7,10H2,1-3H3,(H,16,20). The van der Waals surface area contributed by atoms with E-state index in [1.807, 2.05) is 38.1 Å². The summed E-state index contributed by atoms with van der Waals surface area (Å²) in [7, 11) is 0. The van der Waals surface area contributed by atoms with Gasteiger partial charge in [-0.2, -0.15) is 0 Å². The first-order valence-corrected chi connectivity index (χ1v) is 7.34. The third-order valence-electron chi connectivity index (χ3n) is 3.53. The lowest BCUT2D eigenvalue weighted by atomic mass is 9.92. The van der Waals surface area contributed by atoms with Crippen molar-refractivity contribution in [3.8, 4) is 0 Å². The van der Waals surface area contributed by atoms with E-state index in [0.717, 1.165) is 25.7 Å². The molecule has 2 N–H and O–H groups in total. The summed E-state index contributed by atoms with van der Waals surface area (Å²) in [5.74, 6) is -0.0271. The highest BCUT2D eigenvalue weighted by atomic mass is 16.3. The summed E-state index contributed by atoms with van der Waals surface area (Å²) in [5, 5.41) is 13.0. The van der Waals surface area contributed by atoms with Crippen LogP contribution < -0.4 is 5.32 Å². The largest absolute Gasteiger partial charge is 0.391 e. The minimum absolute atomic E-state index is 0.0271. The summed E-state index contributed by atoms with van der Waals surface area (Å²) in [6, 6.07) is 0.0932. The lowest BCUT2D eigenvalue weighted by molar-refractivity contribution is -0.122. The Kier molecular flexibility index (Phi) is 4.58. The number of aliphatic hydroxyl groups is 1. The molecule has 2 rings (SSSR count). The van der Waals surface area contributed by atoms with Gasteiger partial charge in [-0.05, 0) is 33.6 Å². The smallest absolute Gasteiger partial charge is 0.239 e. The van der Waals surface area contributed by atoms with E-state index in [9.17, 15) is 9.90 Å². The van der Waals surface area contributed by atoms with Crippen LogP contribution in [-0.4, -0.2) is 45.0 Å². The highest BCUT2D eigenvalue weighted by Crippen LogP contribution is 2.27. The van der Waals surface area contributed by atoms with E-state index in [4.69, 9.17) is 0 Å². The van der Waals surface area contributed by atoms with Crippen LogP contribution in [0.15, 0.2) is 12.4 Å². The lowest BCUT2D eigenvalue weighted by Crippen LogP contribution is -2.45. The van der Waals surface area contributed by atoms with Crippen molar-refractivity contribution in [1.29, 1.82) is 0 Å². The van der Waals surface area contributed by atoms with Crippen LogP contribution in [0.2, 0.25) is 0 Å². The number of rotatable bonds is 3. The fourth-order valence-electron chi connectivity index (χ4n) is 2.67. The van der Waals surface area contributed by atoms with Crippen molar-refractivity contribution in [2.24, 2.45) is 0 Å². The molecule has 5 nitrogen and oxygen atoms in total. The van der Waals surface area contributed by atoms with Crippen molar-refractivity contribution in [3.05, 3.63) is 19.1 Å². The Morgan fingerprint density at radius 2 is 2.05 bits per heavy atom. The number of amides is 1. The molecule has 112 valence electrons. The Bertz CT molecular complexity index is 376. The second-order valence-electron chi connectivity index (χ2n) is 6.65. The molecule has 0 aromatic heterocycles. The summed E-state index contributed by atoms with van der Waals surface area (Å²) < 4.78 is 0. The van der Waals surface area contributed by atoms with Crippen molar-refractivity contribution in [3.63, 3.8) is 0 Å². The van der Waals surface area contributed by atoms with Crippen molar-refractivity contribution in [2.45, 2.75) is 64.1 Å². The molecule has 0 spiro atoms. The van der Waals surface area contributed by atoms with Gasteiger partial charge in [0, 0.05) is 17.9 Å². The third kappa shape index (κ3) is 4.13. The highest BCUT2D eigenvalue weighted by molar-refractivity contribution is 5.79. The van der Waals surface area contributed by atoms with Crippen LogP contribution in [0.4, 0.5) is 0 Å². The van der Waals surface area contributed by atoms with Crippen LogP contribution in [-0.2, 0) is 4.79 Å². The van der Waals surface area contributed by atoms with E-state index in [2.05, 4.69) is 12.0 Å². The summed E-state index contributed by atoms with van der Waals surface area (Å²) in [6.07, 6.45) is 7.48. The predicted octanol–water partition coefficient (Wildman–Crippen LogP) is 1.29. The molecule has 2 aliphatic rings. The topological polar surface area (TPSA) is 55.8 Å².